The quantitative estimate of drug-likeness (QED) is 0.438. The average Bonchev–Trinajstić information content (AvgIpc) is 2.97. The van der Waals surface area contributed by atoms with Gasteiger partial charge in [-0.25, -0.2) is 0 Å². The van der Waals surface area contributed by atoms with Crippen LogP contribution in [0, 0.1) is 0 Å². The highest BCUT2D eigenvalue weighted by Gasteiger charge is 2.37. The first-order chi connectivity index (χ1) is 15.6. The minimum atomic E-state index is -0.404. The molecule has 162 valence electrons. The maximum absolute atomic E-state index is 13.6. The fraction of sp³-hybridized carbons (Fsp3) is 0.192. The number of ketones is 1. The summed E-state index contributed by atoms with van der Waals surface area (Å²) in [6.45, 7) is 0. The molecule has 2 atom stereocenters. The van der Waals surface area contributed by atoms with Gasteiger partial charge in [-0.2, -0.15) is 0 Å². The van der Waals surface area contributed by atoms with Gasteiger partial charge in [-0.05, 0) is 41.8 Å². The molecule has 0 saturated carbocycles. The molecule has 2 unspecified atom stereocenters. The molecule has 5 rings (SSSR count). The van der Waals surface area contributed by atoms with E-state index in [1.807, 2.05) is 60.7 Å². The first-order valence-electron chi connectivity index (χ1n) is 10.5. The van der Waals surface area contributed by atoms with E-state index >= 15 is 0 Å². The van der Waals surface area contributed by atoms with Crippen LogP contribution in [-0.4, -0.2) is 12.9 Å². The van der Waals surface area contributed by atoms with Crippen molar-refractivity contribution >= 4 is 40.4 Å². The number of methoxy groups -OCH3 is 1. The summed E-state index contributed by atoms with van der Waals surface area (Å²) < 4.78 is 5.58. The number of carbonyl (C=O) groups is 1. The zero-order chi connectivity index (χ0) is 22.2. The van der Waals surface area contributed by atoms with Crippen LogP contribution in [0.2, 0.25) is 10.0 Å². The molecule has 2 N–H and O–H groups in total. The predicted molar refractivity (Wildman–Crippen MR) is 130 cm³/mol. The van der Waals surface area contributed by atoms with Crippen LogP contribution in [0.15, 0.2) is 78.0 Å². The Hall–Kier alpha value is -2.95. The lowest BCUT2D eigenvalue weighted by atomic mass is 9.78. The smallest absolute Gasteiger partial charge is 0.163 e. The Balaban J connectivity index is 1.65. The van der Waals surface area contributed by atoms with Crippen molar-refractivity contribution < 1.29 is 9.53 Å². The number of benzene rings is 3. The zero-order valence-corrected chi connectivity index (χ0v) is 19.0. The number of rotatable bonds is 3. The summed E-state index contributed by atoms with van der Waals surface area (Å²) in [5.74, 6) is 0.901. The molecule has 0 spiro atoms. The highest BCUT2D eigenvalue weighted by Crippen LogP contribution is 2.47. The minimum Gasteiger partial charge on any atom is -0.496 e. The van der Waals surface area contributed by atoms with Crippen LogP contribution in [0.5, 0.6) is 5.75 Å². The second-order valence-corrected chi connectivity index (χ2v) is 8.84. The number of carbonyl (C=O) groups excluding carboxylic acids is 1. The summed E-state index contributed by atoms with van der Waals surface area (Å²) in [5.41, 5.74) is 5.26. The SMILES string of the molecule is COc1ccccc1C1CC(=O)C2=C(C1)Nc1ccccc1NC2c1cccc(Cl)c1Cl. The number of hydrogen-bond donors (Lipinski definition) is 2. The lowest BCUT2D eigenvalue weighted by Gasteiger charge is -2.30. The van der Waals surface area contributed by atoms with E-state index in [1.165, 1.54) is 0 Å². The Labute approximate surface area is 197 Å². The van der Waals surface area contributed by atoms with E-state index in [-0.39, 0.29) is 11.7 Å². The van der Waals surface area contributed by atoms with Gasteiger partial charge in [0.05, 0.1) is 34.6 Å². The summed E-state index contributed by atoms with van der Waals surface area (Å²) in [4.78, 5) is 13.6. The molecule has 0 saturated heterocycles. The molecule has 0 bridgehead atoms. The second-order valence-electron chi connectivity index (χ2n) is 8.05. The van der Waals surface area contributed by atoms with Crippen LogP contribution in [0.1, 0.15) is 35.9 Å². The van der Waals surface area contributed by atoms with Crippen LogP contribution >= 0.6 is 23.2 Å². The van der Waals surface area contributed by atoms with Gasteiger partial charge in [0.2, 0.25) is 0 Å². The summed E-state index contributed by atoms with van der Waals surface area (Å²) in [7, 11) is 1.66. The third kappa shape index (κ3) is 3.64. The van der Waals surface area contributed by atoms with Crippen LogP contribution in [0.25, 0.3) is 0 Å². The molecule has 6 heteroatoms. The fourth-order valence-corrected chi connectivity index (χ4v) is 5.11. The Morgan fingerprint density at radius 3 is 2.41 bits per heavy atom. The van der Waals surface area contributed by atoms with Crippen molar-refractivity contribution in [2.24, 2.45) is 0 Å². The van der Waals surface area contributed by atoms with Gasteiger partial charge in [-0.15, -0.1) is 0 Å². The van der Waals surface area contributed by atoms with E-state index in [4.69, 9.17) is 27.9 Å². The Kier molecular flexibility index (Phi) is 5.58. The molecule has 0 aromatic heterocycles. The van der Waals surface area contributed by atoms with Crippen molar-refractivity contribution in [2.75, 3.05) is 17.7 Å². The molecule has 32 heavy (non-hydrogen) atoms. The van der Waals surface area contributed by atoms with Crippen LogP contribution < -0.4 is 15.4 Å². The molecular weight excluding hydrogens is 443 g/mol. The van der Waals surface area contributed by atoms with Crippen molar-refractivity contribution in [3.8, 4) is 5.75 Å². The minimum absolute atomic E-state index is 0.0191. The van der Waals surface area contributed by atoms with Gasteiger partial charge in [-0.1, -0.05) is 65.7 Å². The van der Waals surface area contributed by atoms with E-state index in [9.17, 15) is 4.79 Å². The first kappa shape index (κ1) is 20.9. The molecule has 1 heterocycles. The molecule has 3 aromatic carbocycles. The van der Waals surface area contributed by atoms with E-state index in [0.29, 0.717) is 28.5 Å². The van der Waals surface area contributed by atoms with Gasteiger partial charge in [0.15, 0.2) is 5.78 Å². The van der Waals surface area contributed by atoms with Gasteiger partial charge in [0.1, 0.15) is 5.75 Å². The van der Waals surface area contributed by atoms with Crippen LogP contribution in [0.3, 0.4) is 0 Å². The number of Topliss-reactive ketones (excluding diaryl/α,β-unsaturated/α-hetero) is 1. The van der Waals surface area contributed by atoms with Gasteiger partial charge in [0.25, 0.3) is 0 Å². The van der Waals surface area contributed by atoms with Gasteiger partial charge in [0, 0.05) is 23.6 Å². The highest BCUT2D eigenvalue weighted by atomic mass is 35.5. The van der Waals surface area contributed by atoms with Crippen LogP contribution in [0.4, 0.5) is 11.4 Å². The van der Waals surface area contributed by atoms with Crippen molar-refractivity contribution in [1.29, 1.82) is 0 Å². The molecular formula is C26H22Cl2N2O2. The largest absolute Gasteiger partial charge is 0.496 e. The fourth-order valence-electron chi connectivity index (χ4n) is 4.69. The summed E-state index contributed by atoms with van der Waals surface area (Å²) in [6, 6.07) is 21.0. The summed E-state index contributed by atoms with van der Waals surface area (Å²) in [5, 5.41) is 8.01. The Morgan fingerprint density at radius 1 is 0.875 bits per heavy atom. The number of nitrogens with one attached hydrogen (secondary N) is 2. The van der Waals surface area contributed by atoms with Gasteiger partial charge >= 0.3 is 0 Å². The molecule has 3 aromatic rings. The maximum Gasteiger partial charge on any atom is 0.163 e. The number of fused-ring (bicyclic) bond motifs is 1. The first-order valence-corrected chi connectivity index (χ1v) is 11.3. The van der Waals surface area contributed by atoms with Crippen molar-refractivity contribution in [2.45, 2.75) is 24.8 Å². The van der Waals surface area contributed by atoms with E-state index in [2.05, 4.69) is 10.6 Å². The molecule has 0 radical (unpaired) electrons. The normalized spacial score (nSPS) is 19.9. The lowest BCUT2D eigenvalue weighted by molar-refractivity contribution is -0.116. The summed E-state index contributed by atoms with van der Waals surface area (Å²) in [6.07, 6.45) is 1.08. The topological polar surface area (TPSA) is 50.4 Å². The monoisotopic (exact) mass is 464 g/mol. The number of hydrogen-bond acceptors (Lipinski definition) is 4. The Morgan fingerprint density at radius 2 is 1.59 bits per heavy atom. The third-order valence-electron chi connectivity index (χ3n) is 6.18. The Bertz CT molecular complexity index is 1240. The van der Waals surface area contributed by atoms with Crippen LogP contribution in [-0.2, 0) is 4.79 Å². The van der Waals surface area contributed by atoms with Crippen molar-refractivity contribution in [1.82, 2.24) is 0 Å². The predicted octanol–water partition coefficient (Wildman–Crippen LogP) is 6.98. The lowest BCUT2D eigenvalue weighted by Crippen LogP contribution is -2.27. The second kappa shape index (κ2) is 8.53. The third-order valence-corrected chi connectivity index (χ3v) is 7.01. The number of anilines is 2. The zero-order valence-electron chi connectivity index (χ0n) is 17.5. The van der Waals surface area contributed by atoms with E-state index in [0.717, 1.165) is 33.9 Å². The van der Waals surface area contributed by atoms with E-state index < -0.39 is 6.04 Å². The molecule has 1 aliphatic carbocycles. The molecule has 2 aliphatic rings. The van der Waals surface area contributed by atoms with Crippen molar-refractivity contribution in [3.63, 3.8) is 0 Å². The van der Waals surface area contributed by atoms with Gasteiger partial charge < -0.3 is 15.4 Å². The molecule has 0 amide bonds. The number of allylic oxidation sites excluding steroid dienone is 1. The standard InChI is InChI=1S/C26H22Cl2N2O2/c1-32-23-12-5-2-7-16(23)15-13-21-24(22(31)14-15)26(17-8-6-9-18(27)25(17)28)30-20-11-4-3-10-19(20)29-21/h2-12,15,26,29-30H,13-14H2,1H3. The molecule has 0 fully saturated rings. The van der Waals surface area contributed by atoms with Gasteiger partial charge in [-0.3, -0.25) is 4.79 Å². The molecule has 1 aliphatic heterocycles. The average molecular weight is 465 g/mol. The highest BCUT2D eigenvalue weighted by molar-refractivity contribution is 6.42. The number of ether oxygens (including phenoxy) is 1. The van der Waals surface area contributed by atoms with E-state index in [1.54, 1.807) is 13.2 Å². The maximum atomic E-state index is 13.6. The summed E-state index contributed by atoms with van der Waals surface area (Å²) >= 11 is 12.9. The van der Waals surface area contributed by atoms with Crippen molar-refractivity contribution in [3.05, 3.63) is 99.2 Å². The molecule has 4 nitrogen and oxygen atoms in total. The number of halogens is 2. The number of para-hydroxylation sites is 3.